The molecule has 1 nitrogen and oxygen atoms in total. The molecular formula is C13H17NSi. The first-order valence-electron chi connectivity index (χ1n) is 5.34. The van der Waals surface area contributed by atoms with Gasteiger partial charge in [-0.3, -0.25) is 4.98 Å². The third-order valence-corrected chi connectivity index (χ3v) is 4.78. The second kappa shape index (κ2) is 3.45. The van der Waals surface area contributed by atoms with Crippen molar-refractivity contribution in [3.8, 4) is 0 Å². The Bertz CT molecular complexity index is 497. The predicted octanol–water partition coefficient (Wildman–Crippen LogP) is 3.09. The fraction of sp³-hybridized carbons (Fsp3) is 0.308. The van der Waals surface area contributed by atoms with Gasteiger partial charge in [-0.25, -0.2) is 0 Å². The number of fused-ring (bicyclic) bond motifs is 1. The van der Waals surface area contributed by atoms with Gasteiger partial charge in [0.2, 0.25) is 0 Å². The number of nitrogens with zero attached hydrogens (tertiary/aromatic N) is 1. The van der Waals surface area contributed by atoms with Crippen LogP contribution in [0, 0.1) is 6.92 Å². The highest BCUT2D eigenvalue weighted by Crippen LogP contribution is 2.16. The molecule has 1 heterocycles. The molecule has 0 bridgehead atoms. The lowest BCUT2D eigenvalue weighted by Crippen LogP contribution is -2.37. The highest BCUT2D eigenvalue weighted by atomic mass is 28.3. The smallest absolute Gasteiger partial charge is 0.0776 e. The van der Waals surface area contributed by atoms with Crippen LogP contribution in [0.4, 0.5) is 0 Å². The fourth-order valence-electron chi connectivity index (χ4n) is 1.81. The van der Waals surface area contributed by atoms with Crippen LogP contribution in [0.15, 0.2) is 30.5 Å². The minimum absolute atomic E-state index is 1.14. The van der Waals surface area contributed by atoms with E-state index in [0.717, 1.165) is 5.52 Å². The van der Waals surface area contributed by atoms with Crippen LogP contribution < -0.4 is 5.19 Å². The largest absolute Gasteiger partial charge is 0.256 e. The molecule has 2 rings (SSSR count). The van der Waals surface area contributed by atoms with E-state index in [1.807, 2.05) is 12.3 Å². The third-order valence-electron chi connectivity index (χ3n) is 2.76. The standard InChI is InChI=1S/C13H17NSi/c1-10-8-12(15(2,3)4)9-11-6-5-7-14-13(10)11/h5-9H,1-4H3. The number of aryl methyl sites for hydroxylation is 1. The Labute approximate surface area is 92.2 Å². The van der Waals surface area contributed by atoms with Gasteiger partial charge in [-0.15, -0.1) is 0 Å². The van der Waals surface area contributed by atoms with Crippen molar-refractivity contribution in [1.82, 2.24) is 4.98 Å². The monoisotopic (exact) mass is 215 g/mol. The van der Waals surface area contributed by atoms with Gasteiger partial charge in [0.15, 0.2) is 0 Å². The normalized spacial score (nSPS) is 12.0. The number of benzene rings is 1. The van der Waals surface area contributed by atoms with Crippen molar-refractivity contribution in [2.75, 3.05) is 0 Å². The lowest BCUT2D eigenvalue weighted by atomic mass is 10.1. The van der Waals surface area contributed by atoms with E-state index in [4.69, 9.17) is 0 Å². The number of hydrogen-bond donors (Lipinski definition) is 0. The van der Waals surface area contributed by atoms with Gasteiger partial charge in [0.1, 0.15) is 0 Å². The zero-order valence-corrected chi connectivity index (χ0v) is 10.8. The van der Waals surface area contributed by atoms with Crippen LogP contribution in [0.25, 0.3) is 10.9 Å². The Hall–Kier alpha value is -1.15. The molecule has 0 spiro atoms. The minimum Gasteiger partial charge on any atom is -0.256 e. The summed E-state index contributed by atoms with van der Waals surface area (Å²) < 4.78 is 0. The summed E-state index contributed by atoms with van der Waals surface area (Å²) >= 11 is 0. The van der Waals surface area contributed by atoms with E-state index in [0.29, 0.717) is 0 Å². The Morgan fingerprint density at radius 3 is 2.53 bits per heavy atom. The number of pyridine rings is 1. The molecule has 1 aromatic carbocycles. The maximum atomic E-state index is 4.42. The zero-order valence-electron chi connectivity index (χ0n) is 9.83. The second-order valence-corrected chi connectivity index (χ2v) is 10.2. The Morgan fingerprint density at radius 2 is 1.87 bits per heavy atom. The molecular weight excluding hydrogens is 198 g/mol. The SMILES string of the molecule is Cc1cc([Si](C)(C)C)cc2cccnc12. The minimum atomic E-state index is -1.21. The molecule has 0 aliphatic carbocycles. The van der Waals surface area contributed by atoms with Crippen LogP contribution in [0.2, 0.25) is 19.6 Å². The first-order valence-corrected chi connectivity index (χ1v) is 8.84. The molecule has 15 heavy (non-hydrogen) atoms. The average molecular weight is 215 g/mol. The summed E-state index contributed by atoms with van der Waals surface area (Å²) in [6.07, 6.45) is 1.86. The molecule has 0 fully saturated rings. The van der Waals surface area contributed by atoms with Crippen molar-refractivity contribution >= 4 is 24.2 Å². The van der Waals surface area contributed by atoms with Crippen molar-refractivity contribution in [1.29, 1.82) is 0 Å². The predicted molar refractivity (Wildman–Crippen MR) is 69.5 cm³/mol. The summed E-state index contributed by atoms with van der Waals surface area (Å²) in [7, 11) is -1.21. The number of hydrogen-bond acceptors (Lipinski definition) is 1. The maximum Gasteiger partial charge on any atom is 0.0776 e. The Balaban J connectivity index is 2.73. The molecule has 0 amide bonds. The summed E-state index contributed by atoms with van der Waals surface area (Å²) in [6.45, 7) is 9.29. The van der Waals surface area contributed by atoms with E-state index in [9.17, 15) is 0 Å². The van der Waals surface area contributed by atoms with Crippen molar-refractivity contribution in [3.63, 3.8) is 0 Å². The summed E-state index contributed by atoms with van der Waals surface area (Å²) in [6, 6.07) is 8.78. The van der Waals surface area contributed by atoms with Crippen molar-refractivity contribution in [2.45, 2.75) is 26.6 Å². The Morgan fingerprint density at radius 1 is 1.13 bits per heavy atom. The highest BCUT2D eigenvalue weighted by Gasteiger charge is 2.17. The van der Waals surface area contributed by atoms with Crippen molar-refractivity contribution in [3.05, 3.63) is 36.0 Å². The van der Waals surface area contributed by atoms with Crippen LogP contribution >= 0.6 is 0 Å². The molecule has 0 atom stereocenters. The highest BCUT2D eigenvalue weighted by molar-refractivity contribution is 6.88. The molecule has 78 valence electrons. The molecule has 0 aliphatic heterocycles. The molecule has 2 heteroatoms. The van der Waals surface area contributed by atoms with Crippen LogP contribution in [0.5, 0.6) is 0 Å². The van der Waals surface area contributed by atoms with Gasteiger partial charge in [0, 0.05) is 11.6 Å². The number of rotatable bonds is 1. The van der Waals surface area contributed by atoms with Crippen LogP contribution in [0.1, 0.15) is 5.56 Å². The van der Waals surface area contributed by atoms with E-state index in [2.05, 4.69) is 49.7 Å². The summed E-state index contributed by atoms with van der Waals surface area (Å²) in [4.78, 5) is 4.42. The molecule has 2 aromatic rings. The van der Waals surface area contributed by atoms with E-state index >= 15 is 0 Å². The third kappa shape index (κ3) is 1.95. The maximum absolute atomic E-state index is 4.42. The van der Waals surface area contributed by atoms with Gasteiger partial charge in [0.05, 0.1) is 13.6 Å². The first kappa shape index (κ1) is 10.4. The quantitative estimate of drug-likeness (QED) is 0.666. The number of aromatic nitrogens is 1. The van der Waals surface area contributed by atoms with Gasteiger partial charge >= 0.3 is 0 Å². The van der Waals surface area contributed by atoms with Gasteiger partial charge in [-0.05, 0) is 18.6 Å². The fourth-order valence-corrected chi connectivity index (χ4v) is 3.05. The van der Waals surface area contributed by atoms with Gasteiger partial charge < -0.3 is 0 Å². The van der Waals surface area contributed by atoms with Crippen molar-refractivity contribution in [2.24, 2.45) is 0 Å². The molecule has 0 N–H and O–H groups in total. The summed E-state index contributed by atoms with van der Waals surface area (Å²) in [5.74, 6) is 0. The molecule has 0 radical (unpaired) electrons. The van der Waals surface area contributed by atoms with Crippen LogP contribution in [0.3, 0.4) is 0 Å². The lowest BCUT2D eigenvalue weighted by Gasteiger charge is -2.18. The molecule has 0 saturated carbocycles. The van der Waals surface area contributed by atoms with E-state index < -0.39 is 8.07 Å². The average Bonchev–Trinajstić information content (AvgIpc) is 2.16. The molecule has 1 aromatic heterocycles. The van der Waals surface area contributed by atoms with Gasteiger partial charge in [-0.2, -0.15) is 0 Å². The second-order valence-electron chi connectivity index (χ2n) is 5.12. The molecule has 0 aliphatic rings. The topological polar surface area (TPSA) is 12.9 Å². The Kier molecular flexibility index (Phi) is 2.39. The summed E-state index contributed by atoms with van der Waals surface area (Å²) in [5.41, 5.74) is 2.44. The van der Waals surface area contributed by atoms with Crippen molar-refractivity contribution < 1.29 is 0 Å². The molecule has 0 saturated heterocycles. The van der Waals surface area contributed by atoms with E-state index in [1.165, 1.54) is 16.1 Å². The molecule has 0 unspecified atom stereocenters. The van der Waals surface area contributed by atoms with E-state index in [-0.39, 0.29) is 0 Å². The lowest BCUT2D eigenvalue weighted by molar-refractivity contribution is 1.37. The van der Waals surface area contributed by atoms with E-state index in [1.54, 1.807) is 0 Å². The van der Waals surface area contributed by atoms with Crippen LogP contribution in [-0.4, -0.2) is 13.1 Å². The van der Waals surface area contributed by atoms with Crippen LogP contribution in [-0.2, 0) is 0 Å². The summed E-state index contributed by atoms with van der Waals surface area (Å²) in [5, 5.41) is 2.79. The van der Waals surface area contributed by atoms with Gasteiger partial charge in [-0.1, -0.05) is 43.0 Å². The zero-order chi connectivity index (χ0) is 11.1. The van der Waals surface area contributed by atoms with Gasteiger partial charge in [0.25, 0.3) is 0 Å². The first-order chi connectivity index (χ1) is 6.98.